The molecule has 1 saturated carbocycles. The Bertz CT molecular complexity index is 548. The van der Waals surface area contributed by atoms with Gasteiger partial charge in [-0.3, -0.25) is 4.79 Å². The molecule has 0 aromatic heterocycles. The molecule has 1 aliphatic carbocycles. The van der Waals surface area contributed by atoms with Gasteiger partial charge in [0.05, 0.1) is 24.5 Å². The van der Waals surface area contributed by atoms with Crippen LogP contribution in [0.1, 0.15) is 51.5 Å². The maximum Gasteiger partial charge on any atom is 0.310 e. The van der Waals surface area contributed by atoms with Crippen LogP contribution in [0.3, 0.4) is 0 Å². The lowest BCUT2D eigenvalue weighted by Gasteiger charge is -2.33. The normalized spacial score (nSPS) is 33.1. The molecule has 4 heteroatoms. The lowest BCUT2D eigenvalue weighted by molar-refractivity contribution is -0.916. The molecule has 0 amide bonds. The van der Waals surface area contributed by atoms with Crippen LogP contribution in [0.2, 0.25) is 0 Å². The fourth-order valence-electron chi connectivity index (χ4n) is 4.46. The van der Waals surface area contributed by atoms with Crippen molar-refractivity contribution in [2.75, 3.05) is 7.05 Å². The first-order chi connectivity index (χ1) is 10.1. The van der Waals surface area contributed by atoms with Gasteiger partial charge in [0.25, 0.3) is 0 Å². The van der Waals surface area contributed by atoms with Crippen molar-refractivity contribution in [3.05, 3.63) is 29.8 Å². The third-order valence-electron chi connectivity index (χ3n) is 5.87. The van der Waals surface area contributed by atoms with E-state index in [4.69, 9.17) is 4.74 Å². The number of fused-ring (bicyclic) bond motifs is 2. The monoisotopic (exact) mass is 367 g/mol. The summed E-state index contributed by atoms with van der Waals surface area (Å²) in [7, 11) is 2.34. The highest BCUT2D eigenvalue weighted by Gasteiger charge is 2.55. The maximum atomic E-state index is 11.5. The molecule has 4 unspecified atom stereocenters. The first-order valence-electron chi connectivity index (χ1n) is 8.21. The standard InChI is InChI=1S/C18H25NO2.BrH/c1-4-17(20)21-16-9-5-7-14(11-16)18-10-6-8-15(12-18)19(3)13(18)2;/h5,7,9,11,13,15H,4,6,8,10,12H2,1-3H3;1H. The molecule has 1 saturated heterocycles. The molecule has 2 fully saturated rings. The number of benzene rings is 1. The molecule has 122 valence electrons. The van der Waals surface area contributed by atoms with E-state index in [9.17, 15) is 4.79 Å². The quantitative estimate of drug-likeness (QED) is 0.554. The summed E-state index contributed by atoms with van der Waals surface area (Å²) in [4.78, 5) is 13.2. The molecule has 1 aromatic carbocycles. The summed E-state index contributed by atoms with van der Waals surface area (Å²) in [5, 5.41) is 0. The average Bonchev–Trinajstić information content (AvgIpc) is 2.69. The molecule has 1 aromatic rings. The first-order valence-corrected chi connectivity index (χ1v) is 8.21. The second-order valence-corrected chi connectivity index (χ2v) is 6.77. The molecular weight excluding hydrogens is 342 g/mol. The number of nitrogens with one attached hydrogen (secondary N) is 1. The topological polar surface area (TPSA) is 30.7 Å². The smallest absolute Gasteiger partial charge is 0.310 e. The molecule has 2 bridgehead atoms. The van der Waals surface area contributed by atoms with Crippen molar-refractivity contribution in [3.63, 3.8) is 0 Å². The van der Waals surface area contributed by atoms with Gasteiger partial charge in [0.15, 0.2) is 0 Å². The summed E-state index contributed by atoms with van der Waals surface area (Å²) in [6.45, 7) is 4.21. The van der Waals surface area contributed by atoms with Crippen LogP contribution in [-0.4, -0.2) is 25.1 Å². The highest BCUT2D eigenvalue weighted by atomic mass is 79.9. The van der Waals surface area contributed by atoms with Crippen LogP contribution in [0.5, 0.6) is 5.75 Å². The van der Waals surface area contributed by atoms with Crippen molar-refractivity contribution < 1.29 is 31.4 Å². The Hall–Kier alpha value is -0.870. The summed E-state index contributed by atoms with van der Waals surface area (Å²) in [6.07, 6.45) is 5.60. The number of likely N-dealkylation sites (tertiary alicyclic amines) is 1. The number of hydrogen-bond donors (Lipinski definition) is 1. The Morgan fingerprint density at radius 1 is 1.45 bits per heavy atom. The summed E-state index contributed by atoms with van der Waals surface area (Å²) in [6, 6.07) is 9.67. The van der Waals surface area contributed by atoms with Gasteiger partial charge >= 0.3 is 5.97 Å². The van der Waals surface area contributed by atoms with Gasteiger partial charge < -0.3 is 26.6 Å². The van der Waals surface area contributed by atoms with E-state index in [1.54, 1.807) is 4.90 Å². The number of likely N-dealkylation sites (N-methyl/N-ethyl adjacent to an activating group) is 1. The van der Waals surface area contributed by atoms with Gasteiger partial charge in [-0.1, -0.05) is 19.1 Å². The third kappa shape index (κ3) is 2.83. The van der Waals surface area contributed by atoms with Crippen LogP contribution < -0.4 is 26.6 Å². The Morgan fingerprint density at radius 2 is 2.23 bits per heavy atom. The van der Waals surface area contributed by atoms with Crippen molar-refractivity contribution >= 4 is 5.97 Å². The van der Waals surface area contributed by atoms with Gasteiger partial charge in [-0.25, -0.2) is 0 Å². The Balaban J connectivity index is 0.00000176. The molecule has 0 spiro atoms. The number of ether oxygens (including phenoxy) is 1. The molecule has 1 heterocycles. The molecule has 3 rings (SSSR count). The van der Waals surface area contributed by atoms with Gasteiger partial charge in [-0.05, 0) is 43.9 Å². The number of carbonyl (C=O) groups is 1. The maximum absolute atomic E-state index is 11.5. The average molecular weight is 368 g/mol. The zero-order chi connectivity index (χ0) is 15.0. The minimum Gasteiger partial charge on any atom is -1.00 e. The van der Waals surface area contributed by atoms with Crippen LogP contribution in [-0.2, 0) is 10.2 Å². The van der Waals surface area contributed by atoms with E-state index in [1.165, 1.54) is 31.2 Å². The Labute approximate surface area is 143 Å². The van der Waals surface area contributed by atoms with E-state index >= 15 is 0 Å². The molecule has 2 aliphatic rings. The molecule has 1 N–H and O–H groups in total. The van der Waals surface area contributed by atoms with E-state index in [2.05, 4.69) is 26.1 Å². The molecule has 0 radical (unpaired) electrons. The van der Waals surface area contributed by atoms with Crippen molar-refractivity contribution in [3.8, 4) is 5.75 Å². The summed E-state index contributed by atoms with van der Waals surface area (Å²) in [5.41, 5.74) is 1.62. The zero-order valence-corrected chi connectivity index (χ0v) is 15.3. The van der Waals surface area contributed by atoms with Crippen molar-refractivity contribution in [1.29, 1.82) is 0 Å². The fraction of sp³-hybridized carbons (Fsp3) is 0.611. The van der Waals surface area contributed by atoms with E-state index in [-0.39, 0.29) is 28.4 Å². The van der Waals surface area contributed by atoms with Gasteiger partial charge in [0, 0.05) is 12.8 Å². The number of rotatable bonds is 3. The van der Waals surface area contributed by atoms with E-state index in [1.807, 2.05) is 19.1 Å². The van der Waals surface area contributed by atoms with Crippen LogP contribution >= 0.6 is 0 Å². The van der Waals surface area contributed by atoms with Gasteiger partial charge in [0.2, 0.25) is 0 Å². The van der Waals surface area contributed by atoms with Crippen LogP contribution in [0.15, 0.2) is 24.3 Å². The second kappa shape index (κ2) is 6.71. The lowest BCUT2D eigenvalue weighted by Crippen LogP contribution is -3.14. The van der Waals surface area contributed by atoms with Gasteiger partial charge in [-0.2, -0.15) is 0 Å². The minimum atomic E-state index is -0.159. The number of hydrogen-bond acceptors (Lipinski definition) is 2. The number of esters is 1. The van der Waals surface area contributed by atoms with Crippen LogP contribution in [0.4, 0.5) is 0 Å². The fourth-order valence-corrected chi connectivity index (χ4v) is 4.46. The molecule has 1 aliphatic heterocycles. The highest BCUT2D eigenvalue weighted by Crippen LogP contribution is 2.45. The molecule has 22 heavy (non-hydrogen) atoms. The summed E-state index contributed by atoms with van der Waals surface area (Å²) >= 11 is 0. The van der Waals surface area contributed by atoms with Gasteiger partial charge in [-0.15, -0.1) is 0 Å². The number of halogens is 1. The van der Waals surface area contributed by atoms with E-state index in [0.29, 0.717) is 18.2 Å². The molecular formula is C18H26BrNO2. The number of quaternary nitrogens is 1. The van der Waals surface area contributed by atoms with Gasteiger partial charge in [0.1, 0.15) is 5.75 Å². The SMILES string of the molecule is CCC(=O)Oc1cccc(C23CCCC(C2)[NH+](C)C3C)c1.[Br-]. The summed E-state index contributed by atoms with van der Waals surface area (Å²) in [5.74, 6) is 0.543. The minimum absolute atomic E-state index is 0. The Kier molecular flexibility index (Phi) is 5.33. The van der Waals surface area contributed by atoms with E-state index in [0.717, 1.165) is 6.04 Å². The van der Waals surface area contributed by atoms with Crippen LogP contribution in [0.25, 0.3) is 0 Å². The van der Waals surface area contributed by atoms with Crippen molar-refractivity contribution in [1.82, 2.24) is 0 Å². The van der Waals surface area contributed by atoms with Crippen LogP contribution in [0, 0.1) is 0 Å². The summed E-state index contributed by atoms with van der Waals surface area (Å²) < 4.78 is 5.41. The Morgan fingerprint density at radius 3 is 2.95 bits per heavy atom. The second-order valence-electron chi connectivity index (χ2n) is 6.77. The van der Waals surface area contributed by atoms with E-state index < -0.39 is 0 Å². The van der Waals surface area contributed by atoms with Crippen molar-refractivity contribution in [2.45, 2.75) is 63.5 Å². The first kappa shape index (κ1) is 17.5. The third-order valence-corrected chi connectivity index (χ3v) is 5.87. The molecule has 4 atom stereocenters. The lowest BCUT2D eigenvalue weighted by atomic mass is 9.67. The predicted octanol–water partition coefficient (Wildman–Crippen LogP) is -0.897. The van der Waals surface area contributed by atoms with Crippen molar-refractivity contribution in [2.24, 2.45) is 0 Å². The molecule has 3 nitrogen and oxygen atoms in total. The predicted molar refractivity (Wildman–Crippen MR) is 82.7 cm³/mol. The largest absolute Gasteiger partial charge is 1.00 e. The zero-order valence-electron chi connectivity index (χ0n) is 13.7. The highest BCUT2D eigenvalue weighted by molar-refractivity contribution is 5.72. The number of carbonyl (C=O) groups excluding carboxylic acids is 1.